The summed E-state index contributed by atoms with van der Waals surface area (Å²) in [6.45, 7) is 4.65. The molecular weight excluding hydrogens is 536 g/mol. The molecule has 1 saturated heterocycles. The molecule has 0 atom stereocenters. The van der Waals surface area contributed by atoms with Crippen LogP contribution in [0.3, 0.4) is 0 Å². The third-order valence-electron chi connectivity index (χ3n) is 8.56. The Morgan fingerprint density at radius 3 is 2.23 bits per heavy atom. The maximum Gasteiger partial charge on any atom is 0.238 e. The van der Waals surface area contributed by atoms with Crippen molar-refractivity contribution in [1.82, 2.24) is 4.90 Å². The summed E-state index contributed by atoms with van der Waals surface area (Å²) in [4.78, 5) is 33.6. The van der Waals surface area contributed by atoms with Crippen LogP contribution >= 0.6 is 0 Å². The fourth-order valence-corrected chi connectivity index (χ4v) is 6.24. The smallest absolute Gasteiger partial charge is 0.238 e. The Morgan fingerprint density at radius 1 is 0.767 bits per heavy atom. The van der Waals surface area contributed by atoms with Crippen LogP contribution in [-0.2, 0) is 22.6 Å². The largest absolute Gasteiger partial charge is 0.497 e. The number of methoxy groups -OCH3 is 1. The fraction of sp³-hybridized carbons (Fsp3) is 0.444. The zero-order valence-corrected chi connectivity index (χ0v) is 25.6. The molecule has 0 bridgehead atoms. The highest BCUT2D eigenvalue weighted by Crippen LogP contribution is 2.26. The number of benzene rings is 3. The molecule has 228 valence electrons. The molecule has 5 rings (SSSR count). The zero-order chi connectivity index (χ0) is 29.9. The van der Waals surface area contributed by atoms with E-state index in [2.05, 4.69) is 39.4 Å². The SMILES string of the molecule is COc1cccc(CC(=O)N2CCCCCCCCN(CC(=O)Nc3ccc(N4CCCC4)cc3)Cc3ccccc32)c1. The molecule has 0 spiro atoms. The number of rotatable bonds is 7. The Balaban J connectivity index is 1.30. The molecular formula is C36H46N4O3. The molecule has 2 amide bonds. The Bertz CT molecular complexity index is 1340. The monoisotopic (exact) mass is 582 g/mol. The summed E-state index contributed by atoms with van der Waals surface area (Å²) in [5.41, 5.74) is 5.00. The van der Waals surface area contributed by atoms with Gasteiger partial charge in [-0.3, -0.25) is 14.5 Å². The van der Waals surface area contributed by atoms with Crippen molar-refractivity contribution in [3.05, 3.63) is 83.9 Å². The van der Waals surface area contributed by atoms with Gasteiger partial charge in [0.1, 0.15) is 5.75 Å². The number of anilines is 3. The second kappa shape index (κ2) is 15.6. The van der Waals surface area contributed by atoms with Crippen molar-refractivity contribution in [2.75, 3.05) is 55.0 Å². The van der Waals surface area contributed by atoms with E-state index in [-0.39, 0.29) is 11.8 Å². The van der Waals surface area contributed by atoms with Crippen LogP contribution in [0, 0.1) is 0 Å². The van der Waals surface area contributed by atoms with Crippen molar-refractivity contribution < 1.29 is 14.3 Å². The Morgan fingerprint density at radius 2 is 1.47 bits per heavy atom. The summed E-state index contributed by atoms with van der Waals surface area (Å²) in [5, 5.41) is 3.12. The lowest BCUT2D eigenvalue weighted by atomic mass is 10.1. The lowest BCUT2D eigenvalue weighted by molar-refractivity contribution is -0.118. The molecule has 2 aliphatic heterocycles. The summed E-state index contributed by atoms with van der Waals surface area (Å²) >= 11 is 0. The number of carbonyl (C=O) groups excluding carboxylic acids is 2. The van der Waals surface area contributed by atoms with E-state index in [0.29, 0.717) is 26.1 Å². The van der Waals surface area contributed by atoms with Crippen LogP contribution in [0.4, 0.5) is 17.1 Å². The van der Waals surface area contributed by atoms with Gasteiger partial charge in [0.2, 0.25) is 11.8 Å². The summed E-state index contributed by atoms with van der Waals surface area (Å²) < 4.78 is 5.38. The van der Waals surface area contributed by atoms with Crippen LogP contribution in [0.25, 0.3) is 0 Å². The minimum atomic E-state index is -0.0123. The van der Waals surface area contributed by atoms with Crippen molar-refractivity contribution in [3.8, 4) is 5.75 Å². The topological polar surface area (TPSA) is 65.1 Å². The van der Waals surface area contributed by atoms with E-state index in [4.69, 9.17) is 4.74 Å². The second-order valence-corrected chi connectivity index (χ2v) is 11.8. The fourth-order valence-electron chi connectivity index (χ4n) is 6.24. The molecule has 7 heteroatoms. The highest BCUT2D eigenvalue weighted by atomic mass is 16.5. The van der Waals surface area contributed by atoms with Gasteiger partial charge in [-0.2, -0.15) is 0 Å². The number of ether oxygens (including phenoxy) is 1. The predicted octanol–water partition coefficient (Wildman–Crippen LogP) is 6.67. The molecule has 2 heterocycles. The van der Waals surface area contributed by atoms with E-state index < -0.39 is 0 Å². The van der Waals surface area contributed by atoms with Gasteiger partial charge in [0.25, 0.3) is 0 Å². The number of para-hydroxylation sites is 1. The number of nitrogens with zero attached hydrogens (tertiary/aromatic N) is 3. The first kappa shape index (κ1) is 30.6. The van der Waals surface area contributed by atoms with E-state index in [1.165, 1.54) is 24.9 Å². The summed E-state index contributed by atoms with van der Waals surface area (Å²) in [6.07, 6.45) is 9.41. The molecule has 7 nitrogen and oxygen atoms in total. The molecule has 0 unspecified atom stereocenters. The number of amides is 2. The first-order chi connectivity index (χ1) is 21.1. The van der Waals surface area contributed by atoms with E-state index in [9.17, 15) is 9.59 Å². The molecule has 2 aliphatic rings. The molecule has 0 aliphatic carbocycles. The van der Waals surface area contributed by atoms with Crippen molar-refractivity contribution in [3.63, 3.8) is 0 Å². The van der Waals surface area contributed by atoms with Gasteiger partial charge in [-0.1, -0.05) is 56.0 Å². The highest BCUT2D eigenvalue weighted by Gasteiger charge is 2.22. The Labute approximate surface area is 256 Å². The summed E-state index contributed by atoms with van der Waals surface area (Å²) in [7, 11) is 1.65. The second-order valence-electron chi connectivity index (χ2n) is 11.8. The molecule has 0 aromatic heterocycles. The zero-order valence-electron chi connectivity index (χ0n) is 25.6. The van der Waals surface area contributed by atoms with E-state index in [1.807, 2.05) is 53.4 Å². The molecule has 3 aromatic rings. The Kier molecular flexibility index (Phi) is 11.1. The average molecular weight is 583 g/mol. The van der Waals surface area contributed by atoms with E-state index in [1.54, 1.807) is 7.11 Å². The third-order valence-corrected chi connectivity index (χ3v) is 8.56. The molecule has 3 aromatic carbocycles. The molecule has 0 radical (unpaired) electrons. The third kappa shape index (κ3) is 8.83. The van der Waals surface area contributed by atoms with Gasteiger partial charge in [-0.25, -0.2) is 0 Å². The number of nitrogens with one attached hydrogen (secondary N) is 1. The van der Waals surface area contributed by atoms with Gasteiger partial charge in [0.15, 0.2) is 0 Å². The first-order valence-corrected chi connectivity index (χ1v) is 16.0. The van der Waals surface area contributed by atoms with Crippen molar-refractivity contribution >= 4 is 28.9 Å². The maximum absolute atomic E-state index is 13.8. The minimum Gasteiger partial charge on any atom is -0.497 e. The summed E-state index contributed by atoms with van der Waals surface area (Å²) in [6, 6.07) is 24.2. The van der Waals surface area contributed by atoms with Crippen LogP contribution in [0.5, 0.6) is 5.75 Å². The molecule has 43 heavy (non-hydrogen) atoms. The van der Waals surface area contributed by atoms with Crippen LogP contribution in [-0.4, -0.2) is 56.5 Å². The van der Waals surface area contributed by atoms with Gasteiger partial charge in [0, 0.05) is 43.2 Å². The van der Waals surface area contributed by atoms with Gasteiger partial charge >= 0.3 is 0 Å². The van der Waals surface area contributed by atoms with E-state index >= 15 is 0 Å². The van der Waals surface area contributed by atoms with Gasteiger partial charge in [0.05, 0.1) is 20.1 Å². The minimum absolute atomic E-state index is 0.0123. The highest BCUT2D eigenvalue weighted by molar-refractivity contribution is 5.95. The van der Waals surface area contributed by atoms with Gasteiger partial charge in [-0.05, 0) is 85.8 Å². The summed E-state index contributed by atoms with van der Waals surface area (Å²) in [5.74, 6) is 0.825. The molecule has 1 fully saturated rings. The van der Waals surface area contributed by atoms with Crippen molar-refractivity contribution in [2.24, 2.45) is 0 Å². The maximum atomic E-state index is 13.8. The number of carbonyl (C=O) groups is 2. The van der Waals surface area contributed by atoms with Crippen LogP contribution < -0.4 is 19.9 Å². The number of fused-ring (bicyclic) bond motifs is 1. The Hall–Kier alpha value is -3.84. The quantitative estimate of drug-likeness (QED) is 0.337. The molecule has 1 N–H and O–H groups in total. The first-order valence-electron chi connectivity index (χ1n) is 16.0. The van der Waals surface area contributed by atoms with Crippen LogP contribution in [0.2, 0.25) is 0 Å². The average Bonchev–Trinajstić information content (AvgIpc) is 3.56. The number of hydrogen-bond donors (Lipinski definition) is 1. The normalized spacial score (nSPS) is 16.9. The molecule has 0 saturated carbocycles. The predicted molar refractivity (Wildman–Crippen MR) is 175 cm³/mol. The number of hydrogen-bond acceptors (Lipinski definition) is 5. The van der Waals surface area contributed by atoms with Crippen molar-refractivity contribution in [2.45, 2.75) is 64.3 Å². The van der Waals surface area contributed by atoms with Crippen LogP contribution in [0.1, 0.15) is 62.5 Å². The lowest BCUT2D eigenvalue weighted by Crippen LogP contribution is -2.36. The lowest BCUT2D eigenvalue weighted by Gasteiger charge is -2.28. The van der Waals surface area contributed by atoms with Crippen LogP contribution in [0.15, 0.2) is 72.8 Å². The van der Waals surface area contributed by atoms with Gasteiger partial charge < -0.3 is 19.9 Å². The van der Waals surface area contributed by atoms with E-state index in [0.717, 1.165) is 80.0 Å². The van der Waals surface area contributed by atoms with Crippen molar-refractivity contribution in [1.29, 1.82) is 0 Å². The van der Waals surface area contributed by atoms with Gasteiger partial charge in [-0.15, -0.1) is 0 Å². The standard InChI is InChI=1S/C36H46N4O3/c1-43-33-15-12-13-29(25-33)26-36(42)40-24-9-5-3-2-4-8-21-38(27-30-14-6-7-16-34(30)40)28-35(41)37-31-17-19-32(20-18-31)39-22-10-11-23-39/h6-7,12-20,25H,2-5,8-11,21-24,26-28H2,1H3,(H,37,41).